The second kappa shape index (κ2) is 11.6. The fourth-order valence-corrected chi connectivity index (χ4v) is 3.48. The Kier molecular flexibility index (Phi) is 8.54. The number of rotatable bonds is 8. The Balaban J connectivity index is 1.84. The number of carbonyl (C=O) groups excluding carboxylic acids is 1. The summed E-state index contributed by atoms with van der Waals surface area (Å²) in [5.74, 6) is 0.348. The molecule has 3 aromatic carbocycles. The maximum absolute atomic E-state index is 12.5. The number of anilines is 1. The first kappa shape index (κ1) is 23.6. The van der Waals surface area contributed by atoms with E-state index in [-0.39, 0.29) is 5.57 Å². The standard InChI is InChI=1S/C25H20ClIN2O3/c1-2-31-23-14-18(12-19(15-28)25(30)29-21-6-4-3-5-7-21)13-22(26)24(23)32-16-17-8-10-20(27)11-9-17/h3-14H,2,16H2,1H3,(H,29,30)/b19-12+. The molecule has 0 atom stereocenters. The third kappa shape index (κ3) is 6.49. The van der Waals surface area contributed by atoms with Crippen molar-refractivity contribution in [3.8, 4) is 17.6 Å². The van der Waals surface area contributed by atoms with Crippen LogP contribution in [-0.2, 0) is 11.4 Å². The molecule has 0 spiro atoms. The van der Waals surface area contributed by atoms with Gasteiger partial charge in [-0.2, -0.15) is 5.26 Å². The van der Waals surface area contributed by atoms with Crippen LogP contribution in [0.2, 0.25) is 5.02 Å². The molecule has 0 bridgehead atoms. The minimum atomic E-state index is -0.508. The summed E-state index contributed by atoms with van der Waals surface area (Å²) in [4.78, 5) is 12.5. The predicted octanol–water partition coefficient (Wildman–Crippen LogP) is 6.47. The number of nitrogens with zero attached hydrogens (tertiary/aromatic N) is 1. The molecule has 3 rings (SSSR count). The molecule has 0 saturated carbocycles. The van der Waals surface area contributed by atoms with Crippen molar-refractivity contribution in [2.24, 2.45) is 0 Å². The molecule has 0 aromatic heterocycles. The molecule has 1 N–H and O–H groups in total. The molecule has 0 aliphatic heterocycles. The average Bonchev–Trinajstić information content (AvgIpc) is 2.79. The van der Waals surface area contributed by atoms with Gasteiger partial charge in [0.1, 0.15) is 18.2 Å². The van der Waals surface area contributed by atoms with Crippen molar-refractivity contribution < 1.29 is 14.3 Å². The number of amides is 1. The Morgan fingerprint density at radius 3 is 2.50 bits per heavy atom. The SMILES string of the molecule is CCOc1cc(/C=C(\C#N)C(=O)Nc2ccccc2)cc(Cl)c1OCc1ccc(I)cc1. The summed E-state index contributed by atoms with van der Waals surface area (Å²) in [6, 6.07) is 22.2. The van der Waals surface area contributed by atoms with E-state index in [4.69, 9.17) is 21.1 Å². The monoisotopic (exact) mass is 558 g/mol. The zero-order chi connectivity index (χ0) is 22.9. The maximum Gasteiger partial charge on any atom is 0.266 e. The highest BCUT2D eigenvalue weighted by molar-refractivity contribution is 14.1. The number of nitriles is 1. The molecule has 7 heteroatoms. The number of hydrogen-bond acceptors (Lipinski definition) is 4. The van der Waals surface area contributed by atoms with Crippen molar-refractivity contribution in [3.63, 3.8) is 0 Å². The number of benzene rings is 3. The summed E-state index contributed by atoms with van der Waals surface area (Å²) in [6.45, 7) is 2.59. The highest BCUT2D eigenvalue weighted by Gasteiger charge is 2.15. The van der Waals surface area contributed by atoms with Gasteiger partial charge in [0.05, 0.1) is 11.6 Å². The van der Waals surface area contributed by atoms with Gasteiger partial charge in [-0.1, -0.05) is 41.9 Å². The summed E-state index contributed by atoms with van der Waals surface area (Å²) in [7, 11) is 0. The molecule has 5 nitrogen and oxygen atoms in total. The first-order chi connectivity index (χ1) is 15.5. The molecule has 0 radical (unpaired) electrons. The summed E-state index contributed by atoms with van der Waals surface area (Å²) in [5.41, 5.74) is 2.10. The molecule has 0 aliphatic carbocycles. The summed E-state index contributed by atoms with van der Waals surface area (Å²) in [6.07, 6.45) is 1.47. The molecule has 3 aromatic rings. The number of ether oxygens (including phenoxy) is 2. The molecular weight excluding hydrogens is 539 g/mol. The smallest absolute Gasteiger partial charge is 0.266 e. The van der Waals surface area contributed by atoms with Crippen LogP contribution in [-0.4, -0.2) is 12.5 Å². The molecule has 0 fully saturated rings. The van der Waals surface area contributed by atoms with Gasteiger partial charge in [0, 0.05) is 9.26 Å². The van der Waals surface area contributed by atoms with Gasteiger partial charge in [-0.25, -0.2) is 0 Å². The summed E-state index contributed by atoms with van der Waals surface area (Å²) >= 11 is 8.72. The van der Waals surface area contributed by atoms with Crippen molar-refractivity contribution in [2.45, 2.75) is 13.5 Å². The maximum atomic E-state index is 12.5. The molecule has 0 unspecified atom stereocenters. The molecule has 0 heterocycles. The number of nitrogens with one attached hydrogen (secondary N) is 1. The molecule has 0 aliphatic rings. The molecule has 32 heavy (non-hydrogen) atoms. The van der Waals surface area contributed by atoms with Crippen LogP contribution in [0.5, 0.6) is 11.5 Å². The topological polar surface area (TPSA) is 71.3 Å². The van der Waals surface area contributed by atoms with Crippen LogP contribution in [0.25, 0.3) is 6.08 Å². The van der Waals surface area contributed by atoms with E-state index in [2.05, 4.69) is 27.9 Å². The lowest BCUT2D eigenvalue weighted by atomic mass is 10.1. The second-order valence-electron chi connectivity index (χ2n) is 6.67. The van der Waals surface area contributed by atoms with E-state index in [1.807, 2.05) is 43.3 Å². The van der Waals surface area contributed by atoms with E-state index in [1.54, 1.807) is 36.4 Å². The summed E-state index contributed by atoms with van der Waals surface area (Å²) < 4.78 is 12.8. The molecule has 0 saturated heterocycles. The quantitative estimate of drug-likeness (QED) is 0.195. The van der Waals surface area contributed by atoms with E-state index < -0.39 is 5.91 Å². The van der Waals surface area contributed by atoms with Gasteiger partial charge < -0.3 is 14.8 Å². The summed E-state index contributed by atoms with van der Waals surface area (Å²) in [5, 5.41) is 12.5. The van der Waals surface area contributed by atoms with Crippen molar-refractivity contribution in [3.05, 3.63) is 92.0 Å². The van der Waals surface area contributed by atoms with E-state index in [0.717, 1.165) is 9.13 Å². The third-order valence-corrected chi connectivity index (χ3v) is 5.34. The normalized spacial score (nSPS) is 10.9. The first-order valence-corrected chi connectivity index (χ1v) is 11.3. The Morgan fingerprint density at radius 2 is 1.84 bits per heavy atom. The van der Waals surface area contributed by atoms with Gasteiger partial charge in [0.2, 0.25) is 0 Å². The minimum absolute atomic E-state index is 0.0556. The average molecular weight is 559 g/mol. The lowest BCUT2D eigenvalue weighted by Gasteiger charge is -2.15. The van der Waals surface area contributed by atoms with E-state index in [9.17, 15) is 10.1 Å². The van der Waals surface area contributed by atoms with Crippen molar-refractivity contribution in [2.75, 3.05) is 11.9 Å². The van der Waals surface area contributed by atoms with Gasteiger partial charge in [-0.05, 0) is 83.1 Å². The molecular formula is C25H20ClIN2O3. The zero-order valence-electron chi connectivity index (χ0n) is 17.3. The van der Waals surface area contributed by atoms with Crippen LogP contribution in [0.3, 0.4) is 0 Å². The lowest BCUT2D eigenvalue weighted by Crippen LogP contribution is -2.13. The van der Waals surface area contributed by atoms with Gasteiger partial charge in [-0.3, -0.25) is 4.79 Å². The first-order valence-electron chi connectivity index (χ1n) is 9.82. The minimum Gasteiger partial charge on any atom is -0.490 e. The largest absolute Gasteiger partial charge is 0.490 e. The number of hydrogen-bond donors (Lipinski definition) is 1. The van der Waals surface area contributed by atoms with E-state index in [0.29, 0.717) is 41.0 Å². The third-order valence-electron chi connectivity index (χ3n) is 4.34. The number of para-hydroxylation sites is 1. The highest BCUT2D eigenvalue weighted by Crippen LogP contribution is 2.38. The number of halogens is 2. The Bertz CT molecular complexity index is 1160. The lowest BCUT2D eigenvalue weighted by molar-refractivity contribution is -0.112. The van der Waals surface area contributed by atoms with E-state index >= 15 is 0 Å². The van der Waals surface area contributed by atoms with Gasteiger partial charge in [0.15, 0.2) is 11.5 Å². The fraction of sp³-hybridized carbons (Fsp3) is 0.120. The van der Waals surface area contributed by atoms with Gasteiger partial charge in [0.25, 0.3) is 5.91 Å². The fourth-order valence-electron chi connectivity index (χ4n) is 2.85. The van der Waals surface area contributed by atoms with E-state index in [1.165, 1.54) is 6.08 Å². The van der Waals surface area contributed by atoms with Crippen LogP contribution in [0.15, 0.2) is 72.3 Å². The molecule has 162 valence electrons. The predicted molar refractivity (Wildman–Crippen MR) is 135 cm³/mol. The Labute approximate surface area is 205 Å². The Hall–Kier alpha value is -3.02. The van der Waals surface area contributed by atoms with Crippen LogP contribution < -0.4 is 14.8 Å². The second-order valence-corrected chi connectivity index (χ2v) is 8.32. The number of carbonyl (C=O) groups is 1. The highest BCUT2D eigenvalue weighted by atomic mass is 127. The van der Waals surface area contributed by atoms with Gasteiger partial charge in [-0.15, -0.1) is 0 Å². The Morgan fingerprint density at radius 1 is 1.12 bits per heavy atom. The van der Waals surface area contributed by atoms with Crippen LogP contribution >= 0.6 is 34.2 Å². The van der Waals surface area contributed by atoms with Crippen molar-refractivity contribution >= 4 is 51.9 Å². The van der Waals surface area contributed by atoms with Crippen LogP contribution in [0.1, 0.15) is 18.1 Å². The van der Waals surface area contributed by atoms with Crippen LogP contribution in [0, 0.1) is 14.9 Å². The zero-order valence-corrected chi connectivity index (χ0v) is 20.2. The van der Waals surface area contributed by atoms with Crippen LogP contribution in [0.4, 0.5) is 5.69 Å². The molecule has 1 amide bonds. The van der Waals surface area contributed by atoms with Crippen molar-refractivity contribution in [1.29, 1.82) is 5.26 Å². The van der Waals surface area contributed by atoms with Gasteiger partial charge >= 0.3 is 0 Å². The van der Waals surface area contributed by atoms with Crippen molar-refractivity contribution in [1.82, 2.24) is 0 Å².